The lowest BCUT2D eigenvalue weighted by Gasteiger charge is -2.14. The van der Waals surface area contributed by atoms with Crippen LogP contribution in [0.1, 0.15) is 30.9 Å². The van der Waals surface area contributed by atoms with Gasteiger partial charge in [-0.2, -0.15) is 0 Å². The zero-order valence-electron chi connectivity index (χ0n) is 15.3. The fraction of sp³-hybridized carbons (Fsp3) is 0.167. The van der Waals surface area contributed by atoms with Crippen LogP contribution in [0.15, 0.2) is 84.5 Å². The van der Waals surface area contributed by atoms with Crippen molar-refractivity contribution < 1.29 is 14.3 Å². The second-order valence-electron chi connectivity index (χ2n) is 6.63. The molecule has 1 atom stereocenters. The van der Waals surface area contributed by atoms with E-state index in [1.807, 2.05) is 72.8 Å². The maximum atomic E-state index is 12.6. The minimum absolute atomic E-state index is 0.283. The molecule has 0 aromatic heterocycles. The molecule has 2 aromatic carbocycles. The molecule has 27 heavy (non-hydrogen) atoms. The molecule has 3 nitrogen and oxygen atoms in total. The molecule has 0 fully saturated rings. The van der Waals surface area contributed by atoms with Gasteiger partial charge >= 0.3 is 5.97 Å². The van der Waals surface area contributed by atoms with Gasteiger partial charge < -0.3 is 4.74 Å². The molecule has 0 radical (unpaired) electrons. The summed E-state index contributed by atoms with van der Waals surface area (Å²) < 4.78 is 5.55. The second-order valence-corrected chi connectivity index (χ2v) is 6.63. The molecule has 1 heterocycles. The highest BCUT2D eigenvalue weighted by molar-refractivity contribution is 6.07. The van der Waals surface area contributed by atoms with Crippen molar-refractivity contribution >= 4 is 23.6 Å². The largest absolute Gasteiger partial charge is 0.422 e. The van der Waals surface area contributed by atoms with Gasteiger partial charge in [0.15, 0.2) is 0 Å². The summed E-state index contributed by atoms with van der Waals surface area (Å²) in [5.74, 6) is 0.548. The summed E-state index contributed by atoms with van der Waals surface area (Å²) in [4.78, 5) is 23.1. The van der Waals surface area contributed by atoms with E-state index < -0.39 is 0 Å². The molecule has 1 aliphatic heterocycles. The number of carbonyl (C=O) groups is 2. The van der Waals surface area contributed by atoms with Gasteiger partial charge in [-0.1, -0.05) is 73.7 Å². The molecular weight excluding hydrogens is 336 g/mol. The average molecular weight is 358 g/mol. The van der Waals surface area contributed by atoms with E-state index in [-0.39, 0.29) is 11.9 Å². The fourth-order valence-electron chi connectivity index (χ4n) is 3.15. The highest BCUT2D eigenvalue weighted by Crippen LogP contribution is 2.35. The van der Waals surface area contributed by atoms with Crippen molar-refractivity contribution in [3.05, 3.63) is 95.6 Å². The van der Waals surface area contributed by atoms with Crippen LogP contribution in [0.4, 0.5) is 0 Å². The lowest BCUT2D eigenvalue weighted by molar-refractivity contribution is -0.130. The third kappa shape index (κ3) is 4.70. The van der Waals surface area contributed by atoms with E-state index in [4.69, 9.17) is 4.74 Å². The standard InChI is InChI=1S/C24H22O3/c1-18(10-8-9-15-25)16-21(19-11-4-2-5-12-19)22-17-23(27-24(22)26)20-13-6-3-7-14-20/h2-9,11-15,17-18H,10,16H2,1H3/b9-8+,22-21+/t18-/m1/s1. The lowest BCUT2D eigenvalue weighted by atomic mass is 9.89. The minimum Gasteiger partial charge on any atom is -0.422 e. The minimum atomic E-state index is -0.316. The Labute approximate surface area is 159 Å². The van der Waals surface area contributed by atoms with E-state index in [0.717, 1.165) is 35.8 Å². The zero-order chi connectivity index (χ0) is 19.1. The summed E-state index contributed by atoms with van der Waals surface area (Å²) in [5, 5.41) is 0. The Hall–Kier alpha value is -3.20. The molecule has 3 heteroatoms. The number of benzene rings is 2. The molecule has 1 aliphatic rings. The summed E-state index contributed by atoms with van der Waals surface area (Å²) in [6.07, 6.45) is 7.50. The van der Waals surface area contributed by atoms with Crippen LogP contribution < -0.4 is 0 Å². The molecule has 0 spiro atoms. The number of allylic oxidation sites excluding steroid dienone is 3. The number of cyclic esters (lactones) is 1. The summed E-state index contributed by atoms with van der Waals surface area (Å²) in [5.41, 5.74) is 3.47. The molecule has 0 saturated carbocycles. The summed E-state index contributed by atoms with van der Waals surface area (Å²) in [6, 6.07) is 19.5. The second kappa shape index (κ2) is 8.95. The zero-order valence-corrected chi connectivity index (χ0v) is 15.3. The van der Waals surface area contributed by atoms with Crippen LogP contribution in [0.3, 0.4) is 0 Å². The van der Waals surface area contributed by atoms with Crippen LogP contribution in [0.5, 0.6) is 0 Å². The van der Waals surface area contributed by atoms with Crippen molar-refractivity contribution in [2.75, 3.05) is 0 Å². The molecule has 136 valence electrons. The van der Waals surface area contributed by atoms with Gasteiger partial charge in [0.05, 0.1) is 5.57 Å². The molecule has 0 bridgehead atoms. The predicted octanol–water partition coefficient (Wildman–Crippen LogP) is 5.21. The summed E-state index contributed by atoms with van der Waals surface area (Å²) in [7, 11) is 0. The molecule has 0 amide bonds. The number of ether oxygens (including phenoxy) is 1. The van der Waals surface area contributed by atoms with E-state index in [1.54, 1.807) is 0 Å². The first-order valence-electron chi connectivity index (χ1n) is 9.07. The average Bonchev–Trinajstić information content (AvgIpc) is 3.09. The normalized spacial score (nSPS) is 16.8. The van der Waals surface area contributed by atoms with Gasteiger partial charge in [-0.3, -0.25) is 4.79 Å². The summed E-state index contributed by atoms with van der Waals surface area (Å²) in [6.45, 7) is 2.11. The number of carbonyl (C=O) groups excluding carboxylic acids is 2. The Balaban J connectivity index is 1.98. The van der Waals surface area contributed by atoms with Gasteiger partial charge in [0.25, 0.3) is 0 Å². The van der Waals surface area contributed by atoms with Gasteiger partial charge in [-0.05, 0) is 42.0 Å². The van der Waals surface area contributed by atoms with E-state index in [9.17, 15) is 9.59 Å². The van der Waals surface area contributed by atoms with E-state index in [0.29, 0.717) is 11.3 Å². The number of hydrogen-bond donors (Lipinski definition) is 0. The lowest BCUT2D eigenvalue weighted by Crippen LogP contribution is -2.04. The van der Waals surface area contributed by atoms with E-state index in [2.05, 4.69) is 6.92 Å². The predicted molar refractivity (Wildman–Crippen MR) is 107 cm³/mol. The van der Waals surface area contributed by atoms with Crippen molar-refractivity contribution in [3.63, 3.8) is 0 Å². The van der Waals surface area contributed by atoms with E-state index in [1.165, 1.54) is 6.08 Å². The number of aldehydes is 1. The molecule has 0 unspecified atom stereocenters. The van der Waals surface area contributed by atoms with Gasteiger partial charge in [0.1, 0.15) is 12.0 Å². The first-order valence-corrected chi connectivity index (χ1v) is 9.07. The van der Waals surface area contributed by atoms with Crippen LogP contribution >= 0.6 is 0 Å². The molecule has 0 N–H and O–H groups in total. The van der Waals surface area contributed by atoms with Crippen molar-refractivity contribution in [3.8, 4) is 0 Å². The smallest absolute Gasteiger partial charge is 0.343 e. The first-order chi connectivity index (χ1) is 13.2. The Morgan fingerprint density at radius 1 is 1.04 bits per heavy atom. The fourth-order valence-corrected chi connectivity index (χ4v) is 3.15. The Kier molecular flexibility index (Phi) is 6.16. The van der Waals surface area contributed by atoms with Gasteiger partial charge in [-0.15, -0.1) is 0 Å². The van der Waals surface area contributed by atoms with Crippen LogP contribution in [0, 0.1) is 5.92 Å². The molecule has 0 saturated heterocycles. The molecule has 0 aliphatic carbocycles. The Morgan fingerprint density at radius 2 is 1.70 bits per heavy atom. The van der Waals surface area contributed by atoms with Gasteiger partial charge in [0.2, 0.25) is 0 Å². The molecule has 2 aromatic rings. The Morgan fingerprint density at radius 3 is 2.37 bits per heavy atom. The van der Waals surface area contributed by atoms with Gasteiger partial charge in [0, 0.05) is 5.56 Å². The first kappa shape index (κ1) is 18.6. The quantitative estimate of drug-likeness (QED) is 0.388. The SMILES string of the molecule is C[C@H](C/C=C/C=O)C/C(=C1/C=C(c2ccccc2)OC1=O)c1ccccc1. The van der Waals surface area contributed by atoms with Crippen LogP contribution in [0.2, 0.25) is 0 Å². The van der Waals surface area contributed by atoms with Crippen molar-refractivity contribution in [1.82, 2.24) is 0 Å². The van der Waals surface area contributed by atoms with E-state index >= 15 is 0 Å². The number of esters is 1. The van der Waals surface area contributed by atoms with Crippen molar-refractivity contribution in [1.29, 1.82) is 0 Å². The maximum Gasteiger partial charge on any atom is 0.343 e. The number of hydrogen-bond acceptors (Lipinski definition) is 3. The Bertz CT molecular complexity index is 890. The highest BCUT2D eigenvalue weighted by atomic mass is 16.5. The van der Waals surface area contributed by atoms with Gasteiger partial charge in [-0.25, -0.2) is 4.79 Å². The highest BCUT2D eigenvalue weighted by Gasteiger charge is 2.26. The monoisotopic (exact) mass is 358 g/mol. The number of rotatable bonds is 7. The van der Waals surface area contributed by atoms with Crippen molar-refractivity contribution in [2.45, 2.75) is 19.8 Å². The molecule has 3 rings (SSSR count). The van der Waals surface area contributed by atoms with Crippen molar-refractivity contribution in [2.24, 2.45) is 5.92 Å². The third-order valence-corrected chi connectivity index (χ3v) is 4.51. The van der Waals surface area contributed by atoms with Crippen LogP contribution in [-0.4, -0.2) is 12.3 Å². The van der Waals surface area contributed by atoms with Crippen LogP contribution in [-0.2, 0) is 14.3 Å². The molecular formula is C24H22O3. The topological polar surface area (TPSA) is 43.4 Å². The maximum absolute atomic E-state index is 12.6. The van der Waals surface area contributed by atoms with Crippen LogP contribution in [0.25, 0.3) is 11.3 Å². The summed E-state index contributed by atoms with van der Waals surface area (Å²) >= 11 is 0. The third-order valence-electron chi connectivity index (χ3n) is 4.51.